The Hall–Kier alpha value is -0.860. The van der Waals surface area contributed by atoms with E-state index < -0.39 is 0 Å². The van der Waals surface area contributed by atoms with Crippen LogP contribution in [0.15, 0.2) is 30.3 Å². The molecule has 1 aliphatic carbocycles. The maximum atomic E-state index is 5.98. The van der Waals surface area contributed by atoms with Crippen LogP contribution in [-0.4, -0.2) is 12.1 Å². The van der Waals surface area contributed by atoms with Crippen molar-refractivity contribution in [1.29, 1.82) is 0 Å². The van der Waals surface area contributed by atoms with Crippen molar-refractivity contribution in [2.24, 2.45) is 5.73 Å². The summed E-state index contributed by atoms with van der Waals surface area (Å²) in [7, 11) is 0. The molecule has 0 saturated heterocycles. The highest BCUT2D eigenvalue weighted by molar-refractivity contribution is 5.14. The lowest BCUT2D eigenvalue weighted by molar-refractivity contribution is 0.475. The van der Waals surface area contributed by atoms with E-state index in [9.17, 15) is 0 Å². The van der Waals surface area contributed by atoms with Gasteiger partial charge in [0.25, 0.3) is 0 Å². The van der Waals surface area contributed by atoms with Gasteiger partial charge in [-0.25, -0.2) is 0 Å². The molecule has 0 heterocycles. The standard InChI is InChI=1S/C12H18N2/c13-11-7-4-8-12(11)14-9-10-5-2-1-3-6-10/h1-3,5-6,11-12,14H,4,7-9,13H2/t11-,12+/m0/s1. The average molecular weight is 190 g/mol. The van der Waals surface area contributed by atoms with Gasteiger partial charge in [0.05, 0.1) is 0 Å². The SMILES string of the molecule is N[C@H]1CCC[C@H]1NCc1ccccc1. The van der Waals surface area contributed by atoms with Gasteiger partial charge >= 0.3 is 0 Å². The molecule has 2 rings (SSSR count). The Morgan fingerprint density at radius 1 is 1.21 bits per heavy atom. The molecule has 1 aromatic carbocycles. The summed E-state index contributed by atoms with van der Waals surface area (Å²) in [6, 6.07) is 11.4. The third-order valence-corrected chi connectivity index (χ3v) is 2.98. The van der Waals surface area contributed by atoms with E-state index in [0.29, 0.717) is 12.1 Å². The molecule has 0 radical (unpaired) electrons. The van der Waals surface area contributed by atoms with Crippen LogP contribution < -0.4 is 11.1 Å². The summed E-state index contributed by atoms with van der Waals surface area (Å²) in [6.45, 7) is 0.944. The largest absolute Gasteiger partial charge is 0.326 e. The van der Waals surface area contributed by atoms with Crippen molar-refractivity contribution < 1.29 is 0 Å². The zero-order valence-electron chi connectivity index (χ0n) is 8.45. The van der Waals surface area contributed by atoms with Gasteiger partial charge in [0.1, 0.15) is 0 Å². The molecule has 1 aliphatic rings. The fourth-order valence-electron chi connectivity index (χ4n) is 2.09. The number of rotatable bonds is 3. The molecule has 76 valence electrons. The summed E-state index contributed by atoms with van der Waals surface area (Å²) in [5.74, 6) is 0. The van der Waals surface area contributed by atoms with E-state index in [1.165, 1.54) is 24.8 Å². The number of hydrogen-bond acceptors (Lipinski definition) is 2. The second kappa shape index (κ2) is 4.58. The zero-order valence-corrected chi connectivity index (χ0v) is 8.45. The minimum absolute atomic E-state index is 0.360. The molecule has 1 fully saturated rings. The first-order chi connectivity index (χ1) is 6.86. The van der Waals surface area contributed by atoms with Crippen molar-refractivity contribution in [3.05, 3.63) is 35.9 Å². The first kappa shape index (κ1) is 9.69. The summed E-state index contributed by atoms with van der Waals surface area (Å²) in [5, 5.41) is 3.52. The molecule has 2 heteroatoms. The lowest BCUT2D eigenvalue weighted by atomic mass is 10.1. The fraction of sp³-hybridized carbons (Fsp3) is 0.500. The molecular formula is C12H18N2. The van der Waals surface area contributed by atoms with Crippen molar-refractivity contribution in [2.75, 3.05) is 0 Å². The predicted molar refractivity (Wildman–Crippen MR) is 58.9 cm³/mol. The van der Waals surface area contributed by atoms with Crippen LogP contribution in [0.3, 0.4) is 0 Å². The number of benzene rings is 1. The molecule has 0 amide bonds. The van der Waals surface area contributed by atoms with E-state index in [1.54, 1.807) is 0 Å². The predicted octanol–water partition coefficient (Wildman–Crippen LogP) is 1.66. The summed E-state index contributed by atoms with van der Waals surface area (Å²) < 4.78 is 0. The lowest BCUT2D eigenvalue weighted by Crippen LogP contribution is -2.40. The molecule has 0 aromatic heterocycles. The Morgan fingerprint density at radius 2 is 2.00 bits per heavy atom. The van der Waals surface area contributed by atoms with E-state index in [1.807, 2.05) is 6.07 Å². The molecule has 2 nitrogen and oxygen atoms in total. The molecule has 1 saturated carbocycles. The smallest absolute Gasteiger partial charge is 0.0222 e. The van der Waals surface area contributed by atoms with Crippen LogP contribution in [0.2, 0.25) is 0 Å². The van der Waals surface area contributed by atoms with Crippen molar-refractivity contribution in [3.8, 4) is 0 Å². The molecule has 0 bridgehead atoms. The van der Waals surface area contributed by atoms with Crippen molar-refractivity contribution in [2.45, 2.75) is 37.9 Å². The first-order valence-corrected chi connectivity index (χ1v) is 5.39. The highest BCUT2D eigenvalue weighted by Gasteiger charge is 2.22. The van der Waals surface area contributed by atoms with Gasteiger partial charge in [-0.15, -0.1) is 0 Å². The average Bonchev–Trinajstić information content (AvgIpc) is 2.63. The summed E-state index contributed by atoms with van der Waals surface area (Å²) in [5.41, 5.74) is 7.32. The van der Waals surface area contributed by atoms with Crippen LogP contribution in [0.5, 0.6) is 0 Å². The Kier molecular flexibility index (Phi) is 3.17. The number of nitrogens with one attached hydrogen (secondary N) is 1. The van der Waals surface area contributed by atoms with Crippen LogP contribution in [-0.2, 0) is 6.54 Å². The maximum Gasteiger partial charge on any atom is 0.0222 e. The minimum atomic E-state index is 0.360. The van der Waals surface area contributed by atoms with E-state index >= 15 is 0 Å². The van der Waals surface area contributed by atoms with E-state index in [0.717, 1.165) is 6.54 Å². The van der Waals surface area contributed by atoms with E-state index in [-0.39, 0.29) is 0 Å². The third-order valence-electron chi connectivity index (χ3n) is 2.98. The first-order valence-electron chi connectivity index (χ1n) is 5.39. The Morgan fingerprint density at radius 3 is 2.64 bits per heavy atom. The van der Waals surface area contributed by atoms with Crippen LogP contribution in [0.1, 0.15) is 24.8 Å². The van der Waals surface area contributed by atoms with Gasteiger partial charge in [-0.1, -0.05) is 36.8 Å². The second-order valence-corrected chi connectivity index (χ2v) is 4.07. The minimum Gasteiger partial charge on any atom is -0.326 e. The third kappa shape index (κ3) is 2.34. The van der Waals surface area contributed by atoms with Gasteiger partial charge in [0.15, 0.2) is 0 Å². The van der Waals surface area contributed by atoms with Gasteiger partial charge in [0, 0.05) is 18.6 Å². The van der Waals surface area contributed by atoms with Gasteiger partial charge in [-0.05, 0) is 18.4 Å². The maximum absolute atomic E-state index is 5.98. The molecule has 0 unspecified atom stereocenters. The Bertz CT molecular complexity index is 271. The van der Waals surface area contributed by atoms with Crippen LogP contribution in [0.4, 0.5) is 0 Å². The highest BCUT2D eigenvalue weighted by Crippen LogP contribution is 2.17. The fourth-order valence-corrected chi connectivity index (χ4v) is 2.09. The van der Waals surface area contributed by atoms with Crippen molar-refractivity contribution in [1.82, 2.24) is 5.32 Å². The summed E-state index contributed by atoms with van der Waals surface area (Å²) >= 11 is 0. The topological polar surface area (TPSA) is 38.0 Å². The normalized spacial score (nSPS) is 26.6. The molecule has 14 heavy (non-hydrogen) atoms. The Balaban J connectivity index is 1.82. The molecule has 3 N–H and O–H groups in total. The Labute approximate surface area is 85.5 Å². The summed E-state index contributed by atoms with van der Waals surface area (Å²) in [6.07, 6.45) is 3.67. The lowest BCUT2D eigenvalue weighted by Gasteiger charge is -2.17. The molecule has 0 spiro atoms. The van der Waals surface area contributed by atoms with Crippen molar-refractivity contribution >= 4 is 0 Å². The van der Waals surface area contributed by atoms with Gasteiger partial charge < -0.3 is 11.1 Å². The summed E-state index contributed by atoms with van der Waals surface area (Å²) in [4.78, 5) is 0. The van der Waals surface area contributed by atoms with Crippen LogP contribution in [0.25, 0.3) is 0 Å². The molecule has 2 atom stereocenters. The number of hydrogen-bond donors (Lipinski definition) is 2. The zero-order chi connectivity index (χ0) is 9.80. The van der Waals surface area contributed by atoms with E-state index in [4.69, 9.17) is 5.73 Å². The second-order valence-electron chi connectivity index (χ2n) is 4.07. The van der Waals surface area contributed by atoms with Gasteiger partial charge in [-0.3, -0.25) is 0 Å². The molecule has 0 aliphatic heterocycles. The molecule has 1 aromatic rings. The van der Waals surface area contributed by atoms with Gasteiger partial charge in [-0.2, -0.15) is 0 Å². The number of nitrogens with two attached hydrogens (primary N) is 1. The van der Waals surface area contributed by atoms with Crippen LogP contribution >= 0.6 is 0 Å². The quantitative estimate of drug-likeness (QED) is 0.760. The van der Waals surface area contributed by atoms with Gasteiger partial charge in [0.2, 0.25) is 0 Å². The van der Waals surface area contributed by atoms with Crippen molar-refractivity contribution in [3.63, 3.8) is 0 Å². The van der Waals surface area contributed by atoms with Crippen LogP contribution in [0, 0.1) is 0 Å². The molecular weight excluding hydrogens is 172 g/mol. The monoisotopic (exact) mass is 190 g/mol. The van der Waals surface area contributed by atoms with E-state index in [2.05, 4.69) is 29.6 Å². The highest BCUT2D eigenvalue weighted by atomic mass is 15.0.